The Hall–Kier alpha value is -4.70. The molecule has 3 aromatic rings. The molecule has 6 atom stereocenters. The smallest absolute Gasteiger partial charge is 0.260 e. The number of carbonyl (C=O) groups is 4. The van der Waals surface area contributed by atoms with E-state index in [0.29, 0.717) is 27.4 Å². The number of halogens is 2. The summed E-state index contributed by atoms with van der Waals surface area (Å²) < 4.78 is 19.1. The van der Waals surface area contributed by atoms with Gasteiger partial charge in [0.05, 0.1) is 36.0 Å². The first kappa shape index (κ1) is 28.1. The molecule has 0 spiro atoms. The number of amides is 4. The third-order valence-corrected chi connectivity index (χ3v) is 9.91. The Morgan fingerprint density at radius 1 is 1.00 bits per heavy atom. The highest BCUT2D eigenvalue weighted by Gasteiger charge is 2.70. The second-order valence-electron chi connectivity index (χ2n) is 11.6. The van der Waals surface area contributed by atoms with E-state index < -0.39 is 58.5 Å². The highest BCUT2D eigenvalue weighted by Crippen LogP contribution is 2.65. The predicted octanol–water partition coefficient (Wildman–Crippen LogP) is 4.47. The minimum atomic E-state index is -1.59. The van der Waals surface area contributed by atoms with Crippen molar-refractivity contribution in [1.29, 1.82) is 0 Å². The maximum Gasteiger partial charge on any atom is 0.260 e. The summed E-state index contributed by atoms with van der Waals surface area (Å²) in [5, 5.41) is 15.4. The monoisotopic (exact) mass is 615 g/mol. The minimum absolute atomic E-state index is 0.101. The number of nitrogens with zero attached hydrogens (tertiary/aromatic N) is 1. The number of rotatable bonds is 5. The van der Waals surface area contributed by atoms with Crippen molar-refractivity contribution in [3.63, 3.8) is 0 Å². The van der Waals surface area contributed by atoms with Crippen LogP contribution in [0.4, 0.5) is 10.1 Å². The number of methoxy groups -OCH3 is 1. The molecule has 3 fully saturated rings. The van der Waals surface area contributed by atoms with E-state index in [0.717, 1.165) is 5.01 Å². The molecule has 4 amide bonds. The number of phenolic OH excluding ortho intramolecular Hbond substituents is 1. The fraction of sp³-hybridized carbons (Fsp3) is 0.273. The van der Waals surface area contributed by atoms with Gasteiger partial charge in [-0.1, -0.05) is 47.5 Å². The lowest BCUT2D eigenvalue weighted by Crippen LogP contribution is -2.53. The number of anilines is 1. The molecule has 2 saturated heterocycles. The number of carbonyl (C=O) groups excluding carboxylic acids is 4. The standard InChI is InChI=1S/C33H27ClFN3O6/c1-44-25-4-2-3-22(28(25)39)27-20-13-14-21-26(30(41)36-29(21)40)23(20)15-24-31(42)38(37-19-11-9-18(35)10-12-19)32(43)33(24,27)16-5-7-17(34)8-6-16/h2-13,21,23-24,26-27,37,39H,14-15H2,1H3,(H,36,40,41)/t21-,23+,24-,26-,27+,33+/m0/s1. The molecule has 0 unspecified atom stereocenters. The lowest BCUT2D eigenvalue weighted by atomic mass is 9.49. The fourth-order valence-corrected chi connectivity index (χ4v) is 7.97. The van der Waals surface area contributed by atoms with Gasteiger partial charge in [0.25, 0.3) is 11.8 Å². The van der Waals surface area contributed by atoms with Crippen molar-refractivity contribution in [2.45, 2.75) is 24.2 Å². The largest absolute Gasteiger partial charge is 0.504 e. The maximum atomic E-state index is 15.0. The average Bonchev–Trinajstić information content (AvgIpc) is 3.43. The van der Waals surface area contributed by atoms with E-state index in [1.54, 1.807) is 42.5 Å². The third kappa shape index (κ3) is 3.90. The number of allylic oxidation sites excluding steroid dienone is 2. The Bertz CT molecular complexity index is 1760. The van der Waals surface area contributed by atoms with Gasteiger partial charge in [0.15, 0.2) is 11.5 Å². The van der Waals surface area contributed by atoms with Crippen LogP contribution in [0.5, 0.6) is 11.5 Å². The van der Waals surface area contributed by atoms with Gasteiger partial charge in [-0.2, -0.15) is 5.01 Å². The van der Waals surface area contributed by atoms with Gasteiger partial charge in [0.1, 0.15) is 5.82 Å². The predicted molar refractivity (Wildman–Crippen MR) is 157 cm³/mol. The van der Waals surface area contributed by atoms with Crippen LogP contribution in [0.1, 0.15) is 29.9 Å². The topological polar surface area (TPSA) is 125 Å². The molecule has 11 heteroatoms. The van der Waals surface area contributed by atoms with Gasteiger partial charge in [-0.25, -0.2) is 4.39 Å². The van der Waals surface area contributed by atoms with Gasteiger partial charge in [-0.15, -0.1) is 0 Å². The van der Waals surface area contributed by atoms with Crippen molar-refractivity contribution in [2.75, 3.05) is 12.5 Å². The number of fused-ring (bicyclic) bond motifs is 4. The molecule has 2 aliphatic heterocycles. The Balaban J connectivity index is 1.49. The first-order valence-electron chi connectivity index (χ1n) is 14.2. The Labute approximate surface area is 256 Å². The molecule has 1 saturated carbocycles. The van der Waals surface area contributed by atoms with Gasteiger partial charge in [0.2, 0.25) is 11.8 Å². The van der Waals surface area contributed by atoms with Crippen LogP contribution in [0.3, 0.4) is 0 Å². The zero-order chi connectivity index (χ0) is 30.9. The quantitative estimate of drug-likeness (QED) is 0.286. The summed E-state index contributed by atoms with van der Waals surface area (Å²) in [6.45, 7) is 0. The molecule has 9 nitrogen and oxygen atoms in total. The number of imide groups is 2. The Morgan fingerprint density at radius 2 is 1.73 bits per heavy atom. The second kappa shape index (κ2) is 10.2. The van der Waals surface area contributed by atoms with Crippen LogP contribution in [0.2, 0.25) is 5.02 Å². The van der Waals surface area contributed by atoms with Gasteiger partial charge < -0.3 is 9.84 Å². The van der Waals surface area contributed by atoms with Crippen molar-refractivity contribution in [3.8, 4) is 11.5 Å². The van der Waals surface area contributed by atoms with E-state index in [4.69, 9.17) is 16.3 Å². The maximum absolute atomic E-state index is 15.0. The molecular weight excluding hydrogens is 589 g/mol. The van der Waals surface area contributed by atoms with E-state index >= 15 is 0 Å². The van der Waals surface area contributed by atoms with Crippen LogP contribution in [0, 0.1) is 29.5 Å². The molecule has 2 aliphatic carbocycles. The summed E-state index contributed by atoms with van der Waals surface area (Å²) in [6.07, 6.45) is 2.25. The molecule has 3 N–H and O–H groups in total. The zero-order valence-electron chi connectivity index (χ0n) is 23.4. The molecule has 0 aromatic heterocycles. The number of para-hydroxylation sites is 1. The van der Waals surface area contributed by atoms with Gasteiger partial charge in [-0.3, -0.25) is 29.9 Å². The first-order valence-corrected chi connectivity index (χ1v) is 14.6. The molecule has 7 rings (SSSR count). The van der Waals surface area contributed by atoms with E-state index in [1.807, 2.05) is 6.08 Å². The number of phenols is 1. The highest BCUT2D eigenvalue weighted by atomic mass is 35.5. The summed E-state index contributed by atoms with van der Waals surface area (Å²) >= 11 is 6.27. The van der Waals surface area contributed by atoms with E-state index in [9.17, 15) is 28.7 Å². The molecule has 3 aromatic carbocycles. The molecule has 4 aliphatic rings. The van der Waals surface area contributed by atoms with Crippen molar-refractivity contribution >= 4 is 40.9 Å². The van der Waals surface area contributed by atoms with Gasteiger partial charge in [0, 0.05) is 16.5 Å². The summed E-state index contributed by atoms with van der Waals surface area (Å²) in [4.78, 5) is 55.3. The number of aromatic hydroxyl groups is 1. The average molecular weight is 616 g/mol. The van der Waals surface area contributed by atoms with E-state index in [2.05, 4.69) is 10.7 Å². The van der Waals surface area contributed by atoms with E-state index in [-0.39, 0.29) is 30.2 Å². The number of nitrogens with one attached hydrogen (secondary N) is 2. The lowest BCUT2D eigenvalue weighted by molar-refractivity contribution is -0.138. The molecule has 224 valence electrons. The summed E-state index contributed by atoms with van der Waals surface area (Å²) in [5.41, 5.74) is 3.14. The molecule has 0 radical (unpaired) electrons. The number of hydrogen-bond acceptors (Lipinski definition) is 7. The van der Waals surface area contributed by atoms with Crippen LogP contribution < -0.4 is 15.5 Å². The second-order valence-corrected chi connectivity index (χ2v) is 12.1. The fourth-order valence-electron chi connectivity index (χ4n) is 7.85. The van der Waals surface area contributed by atoms with Crippen LogP contribution >= 0.6 is 11.6 Å². The Morgan fingerprint density at radius 3 is 2.43 bits per heavy atom. The number of hydrazine groups is 1. The highest BCUT2D eigenvalue weighted by molar-refractivity contribution is 6.30. The van der Waals surface area contributed by atoms with Gasteiger partial charge in [-0.05, 0) is 66.8 Å². The lowest BCUT2D eigenvalue weighted by Gasteiger charge is -2.50. The van der Waals surface area contributed by atoms with Crippen molar-refractivity contribution in [1.82, 2.24) is 10.3 Å². The van der Waals surface area contributed by atoms with Crippen LogP contribution in [0.25, 0.3) is 0 Å². The third-order valence-electron chi connectivity index (χ3n) is 9.66. The van der Waals surface area contributed by atoms with Crippen LogP contribution in [-0.4, -0.2) is 40.9 Å². The summed E-state index contributed by atoms with van der Waals surface area (Å²) in [7, 11) is 1.41. The first-order chi connectivity index (χ1) is 21.2. The normalized spacial score (nSPS) is 29.0. The zero-order valence-corrected chi connectivity index (χ0v) is 24.2. The van der Waals surface area contributed by atoms with Crippen LogP contribution in [0.15, 0.2) is 78.4 Å². The van der Waals surface area contributed by atoms with Crippen molar-refractivity contribution in [3.05, 3.63) is 100 Å². The molecule has 44 heavy (non-hydrogen) atoms. The minimum Gasteiger partial charge on any atom is -0.504 e. The van der Waals surface area contributed by atoms with Gasteiger partial charge >= 0.3 is 0 Å². The van der Waals surface area contributed by atoms with Crippen molar-refractivity contribution in [2.24, 2.45) is 23.7 Å². The molecule has 0 bridgehead atoms. The molecular formula is C33H27ClFN3O6. The summed E-state index contributed by atoms with van der Waals surface area (Å²) in [5.74, 6) is -6.25. The molecule has 2 heterocycles. The summed E-state index contributed by atoms with van der Waals surface area (Å²) in [6, 6.07) is 16.9. The van der Waals surface area contributed by atoms with E-state index in [1.165, 1.54) is 31.4 Å². The van der Waals surface area contributed by atoms with Crippen molar-refractivity contribution < 1.29 is 33.4 Å². The number of ether oxygens (including phenoxy) is 1. The van der Waals surface area contributed by atoms with Crippen LogP contribution in [-0.2, 0) is 24.6 Å². The number of hydrogen-bond donors (Lipinski definition) is 3. The Kier molecular flexibility index (Phi) is 6.51. The number of benzene rings is 3. The SMILES string of the molecule is COc1cccc([C@H]2C3=CC[C@@H]4C(=O)NC(=O)[C@@H]4[C@@H]3C[C@H]3C(=O)N(Nc4ccc(F)cc4)C(=O)[C@@]23c2ccc(Cl)cc2)c1O.